The number of rotatable bonds is 6. The molecule has 2 N–H and O–H groups in total. The SMILES string of the molecule is C=CCOc1ccccc1OCC(=O)N1CCC(N)CC1. The molecule has 0 atom stereocenters. The van der Waals surface area contributed by atoms with Gasteiger partial charge in [-0.25, -0.2) is 0 Å². The maximum Gasteiger partial charge on any atom is 0.260 e. The molecule has 5 nitrogen and oxygen atoms in total. The molecule has 1 aromatic rings. The maximum atomic E-state index is 12.1. The van der Waals surface area contributed by atoms with Crippen LogP contribution in [-0.2, 0) is 4.79 Å². The van der Waals surface area contributed by atoms with E-state index in [4.69, 9.17) is 15.2 Å². The Morgan fingerprint density at radius 1 is 1.29 bits per heavy atom. The number of carbonyl (C=O) groups is 1. The van der Waals surface area contributed by atoms with E-state index in [2.05, 4.69) is 6.58 Å². The van der Waals surface area contributed by atoms with Crippen molar-refractivity contribution in [3.05, 3.63) is 36.9 Å². The van der Waals surface area contributed by atoms with Crippen LogP contribution in [0.5, 0.6) is 11.5 Å². The lowest BCUT2D eigenvalue weighted by atomic mass is 10.1. The molecule has 0 spiro atoms. The zero-order chi connectivity index (χ0) is 15.1. The van der Waals surface area contributed by atoms with Gasteiger partial charge >= 0.3 is 0 Å². The van der Waals surface area contributed by atoms with E-state index >= 15 is 0 Å². The second kappa shape index (κ2) is 7.69. The molecule has 1 aliphatic rings. The number of likely N-dealkylation sites (tertiary alicyclic amines) is 1. The van der Waals surface area contributed by atoms with Crippen LogP contribution in [-0.4, -0.2) is 43.2 Å². The van der Waals surface area contributed by atoms with Crippen LogP contribution >= 0.6 is 0 Å². The van der Waals surface area contributed by atoms with E-state index in [1.807, 2.05) is 18.2 Å². The van der Waals surface area contributed by atoms with Gasteiger partial charge in [0.15, 0.2) is 18.1 Å². The van der Waals surface area contributed by atoms with Crippen molar-refractivity contribution < 1.29 is 14.3 Å². The summed E-state index contributed by atoms with van der Waals surface area (Å²) in [5.74, 6) is 1.17. The largest absolute Gasteiger partial charge is 0.486 e. The minimum Gasteiger partial charge on any atom is -0.486 e. The highest BCUT2D eigenvalue weighted by atomic mass is 16.5. The van der Waals surface area contributed by atoms with E-state index in [-0.39, 0.29) is 18.6 Å². The fourth-order valence-corrected chi connectivity index (χ4v) is 2.22. The summed E-state index contributed by atoms with van der Waals surface area (Å²) in [5.41, 5.74) is 5.83. The number of hydrogen-bond acceptors (Lipinski definition) is 4. The topological polar surface area (TPSA) is 64.8 Å². The molecular formula is C16H22N2O3. The molecule has 114 valence electrons. The van der Waals surface area contributed by atoms with E-state index in [0.717, 1.165) is 12.8 Å². The summed E-state index contributed by atoms with van der Waals surface area (Å²) in [6, 6.07) is 7.52. The fraction of sp³-hybridized carbons (Fsp3) is 0.438. The lowest BCUT2D eigenvalue weighted by molar-refractivity contribution is -0.134. The van der Waals surface area contributed by atoms with E-state index in [9.17, 15) is 4.79 Å². The Morgan fingerprint density at radius 3 is 2.52 bits per heavy atom. The third-order valence-corrected chi connectivity index (χ3v) is 3.45. The highest BCUT2D eigenvalue weighted by Crippen LogP contribution is 2.26. The number of amides is 1. The zero-order valence-electron chi connectivity index (χ0n) is 12.2. The summed E-state index contributed by atoms with van der Waals surface area (Å²) in [7, 11) is 0. The zero-order valence-corrected chi connectivity index (χ0v) is 12.2. The first kappa shape index (κ1) is 15.4. The van der Waals surface area contributed by atoms with Gasteiger partial charge in [-0.3, -0.25) is 4.79 Å². The van der Waals surface area contributed by atoms with Crippen molar-refractivity contribution in [1.82, 2.24) is 4.90 Å². The Hall–Kier alpha value is -2.01. The van der Waals surface area contributed by atoms with Crippen LogP contribution in [0.1, 0.15) is 12.8 Å². The van der Waals surface area contributed by atoms with Gasteiger partial charge in [-0.2, -0.15) is 0 Å². The number of nitrogens with zero attached hydrogens (tertiary/aromatic N) is 1. The molecule has 1 aliphatic heterocycles. The number of carbonyl (C=O) groups excluding carboxylic acids is 1. The first-order valence-electron chi connectivity index (χ1n) is 7.19. The molecule has 2 rings (SSSR count). The van der Waals surface area contributed by atoms with Crippen LogP contribution < -0.4 is 15.2 Å². The molecular weight excluding hydrogens is 268 g/mol. The maximum absolute atomic E-state index is 12.1. The lowest BCUT2D eigenvalue weighted by Crippen LogP contribution is -2.44. The molecule has 0 aromatic heterocycles. The van der Waals surface area contributed by atoms with Gasteiger partial charge in [0.1, 0.15) is 6.61 Å². The minimum atomic E-state index is -0.0135. The molecule has 1 heterocycles. The number of piperidine rings is 1. The van der Waals surface area contributed by atoms with Gasteiger partial charge < -0.3 is 20.1 Å². The van der Waals surface area contributed by atoms with Gasteiger partial charge in [-0.05, 0) is 25.0 Å². The number of ether oxygens (including phenoxy) is 2. The van der Waals surface area contributed by atoms with Crippen LogP contribution in [0.2, 0.25) is 0 Å². The van der Waals surface area contributed by atoms with Crippen LogP contribution in [0, 0.1) is 0 Å². The molecule has 1 aromatic carbocycles. The third-order valence-electron chi connectivity index (χ3n) is 3.45. The van der Waals surface area contributed by atoms with Gasteiger partial charge in [-0.15, -0.1) is 0 Å². The number of nitrogens with two attached hydrogens (primary N) is 1. The van der Waals surface area contributed by atoms with Crippen LogP contribution in [0.3, 0.4) is 0 Å². The highest BCUT2D eigenvalue weighted by molar-refractivity contribution is 5.78. The van der Waals surface area contributed by atoms with Crippen LogP contribution in [0.4, 0.5) is 0 Å². The standard InChI is InChI=1S/C16H22N2O3/c1-2-11-20-14-5-3-4-6-15(14)21-12-16(19)18-9-7-13(17)8-10-18/h2-6,13H,1,7-12,17H2. The molecule has 1 saturated heterocycles. The Balaban J connectivity index is 1.87. The van der Waals surface area contributed by atoms with Gasteiger partial charge in [0.05, 0.1) is 0 Å². The molecule has 0 bridgehead atoms. The normalized spacial score (nSPS) is 15.6. The van der Waals surface area contributed by atoms with Gasteiger partial charge in [0, 0.05) is 19.1 Å². The second-order valence-corrected chi connectivity index (χ2v) is 5.05. The van der Waals surface area contributed by atoms with Crippen LogP contribution in [0.25, 0.3) is 0 Å². The summed E-state index contributed by atoms with van der Waals surface area (Å²) < 4.78 is 11.1. The molecule has 1 amide bonds. The lowest BCUT2D eigenvalue weighted by Gasteiger charge is -2.30. The summed E-state index contributed by atoms with van der Waals surface area (Å²) in [5, 5.41) is 0. The average Bonchev–Trinajstić information content (AvgIpc) is 2.52. The fourth-order valence-electron chi connectivity index (χ4n) is 2.22. The van der Waals surface area contributed by atoms with Crippen molar-refractivity contribution in [2.45, 2.75) is 18.9 Å². The van der Waals surface area contributed by atoms with E-state index < -0.39 is 0 Å². The Labute approximate surface area is 125 Å². The smallest absolute Gasteiger partial charge is 0.260 e. The average molecular weight is 290 g/mol. The van der Waals surface area contributed by atoms with Crippen molar-refractivity contribution in [2.24, 2.45) is 5.73 Å². The molecule has 21 heavy (non-hydrogen) atoms. The summed E-state index contributed by atoms with van der Waals surface area (Å²) in [6.45, 7) is 5.44. The second-order valence-electron chi connectivity index (χ2n) is 5.05. The van der Waals surface area contributed by atoms with Crippen molar-refractivity contribution in [1.29, 1.82) is 0 Å². The summed E-state index contributed by atoms with van der Waals surface area (Å²) >= 11 is 0. The van der Waals surface area contributed by atoms with Crippen molar-refractivity contribution >= 4 is 5.91 Å². The molecule has 1 fully saturated rings. The van der Waals surface area contributed by atoms with Gasteiger partial charge in [-0.1, -0.05) is 24.8 Å². The van der Waals surface area contributed by atoms with Gasteiger partial charge in [0.2, 0.25) is 0 Å². The van der Waals surface area contributed by atoms with E-state index in [1.54, 1.807) is 17.0 Å². The molecule has 0 unspecified atom stereocenters. The predicted molar refractivity (Wildman–Crippen MR) is 81.4 cm³/mol. The first-order valence-corrected chi connectivity index (χ1v) is 7.19. The Kier molecular flexibility index (Phi) is 5.63. The van der Waals surface area contributed by atoms with Gasteiger partial charge in [0.25, 0.3) is 5.91 Å². The van der Waals surface area contributed by atoms with Crippen molar-refractivity contribution in [3.63, 3.8) is 0 Å². The highest BCUT2D eigenvalue weighted by Gasteiger charge is 2.21. The quantitative estimate of drug-likeness (QED) is 0.808. The number of benzene rings is 1. The van der Waals surface area contributed by atoms with Crippen molar-refractivity contribution in [3.8, 4) is 11.5 Å². The summed E-state index contributed by atoms with van der Waals surface area (Å²) in [6.07, 6.45) is 3.37. The molecule has 5 heteroatoms. The summed E-state index contributed by atoms with van der Waals surface area (Å²) in [4.78, 5) is 13.9. The predicted octanol–water partition coefficient (Wildman–Crippen LogP) is 1.58. The minimum absolute atomic E-state index is 0.0135. The molecule has 0 radical (unpaired) electrons. The monoisotopic (exact) mass is 290 g/mol. The molecule has 0 aliphatic carbocycles. The number of hydrogen-bond donors (Lipinski definition) is 1. The molecule has 0 saturated carbocycles. The van der Waals surface area contributed by atoms with E-state index in [1.165, 1.54) is 0 Å². The Bertz CT molecular complexity index is 482. The Morgan fingerprint density at radius 2 is 1.90 bits per heavy atom. The van der Waals surface area contributed by atoms with Crippen molar-refractivity contribution in [2.75, 3.05) is 26.3 Å². The van der Waals surface area contributed by atoms with Crippen LogP contribution in [0.15, 0.2) is 36.9 Å². The van der Waals surface area contributed by atoms with E-state index in [0.29, 0.717) is 31.2 Å². The number of para-hydroxylation sites is 2. The third kappa shape index (κ3) is 4.49. The first-order chi connectivity index (χ1) is 10.2.